The van der Waals surface area contributed by atoms with Crippen LogP contribution < -0.4 is 5.32 Å². The summed E-state index contributed by atoms with van der Waals surface area (Å²) in [5.74, 6) is -0.0389. The monoisotopic (exact) mass is 387 g/mol. The van der Waals surface area contributed by atoms with Crippen molar-refractivity contribution in [2.45, 2.75) is 24.7 Å². The summed E-state index contributed by atoms with van der Waals surface area (Å²) in [6.07, 6.45) is 2.96. The third-order valence-corrected chi connectivity index (χ3v) is 5.45. The Morgan fingerprint density at radius 3 is 2.58 bits per heavy atom. The lowest BCUT2D eigenvalue weighted by Gasteiger charge is -2.33. The van der Waals surface area contributed by atoms with Crippen molar-refractivity contribution < 1.29 is 9.53 Å². The minimum atomic E-state index is -0.0608. The summed E-state index contributed by atoms with van der Waals surface area (Å²) >= 11 is 3.45. The zero-order chi connectivity index (χ0) is 16.8. The first-order valence-electron chi connectivity index (χ1n) is 8.37. The predicted octanol–water partition coefficient (Wildman–Crippen LogP) is 4.32. The highest BCUT2D eigenvalue weighted by Gasteiger charge is 2.33. The maximum Gasteiger partial charge on any atom is 0.252 e. The van der Waals surface area contributed by atoms with E-state index in [0.717, 1.165) is 36.9 Å². The van der Waals surface area contributed by atoms with E-state index in [-0.39, 0.29) is 11.3 Å². The van der Waals surface area contributed by atoms with Gasteiger partial charge in [0, 0.05) is 29.6 Å². The first kappa shape index (κ1) is 17.2. The summed E-state index contributed by atoms with van der Waals surface area (Å²) in [5.41, 5.74) is 1.89. The molecular formula is C20H22BrNO2. The predicted molar refractivity (Wildman–Crippen MR) is 99.3 cm³/mol. The standard InChI is InChI=1S/C20H22BrNO2/c21-18-10-5-4-9-17(18)19(23)22-15-20(11-6-13-24-14-12-20)16-7-2-1-3-8-16/h1-5,7-10H,6,11-15H2,(H,22,23)/t20-/m0/s1. The molecule has 126 valence electrons. The van der Waals surface area contributed by atoms with Crippen LogP contribution in [0, 0.1) is 0 Å². The molecule has 1 N–H and O–H groups in total. The lowest BCUT2D eigenvalue weighted by molar-refractivity contribution is 0.0936. The molecule has 2 aromatic carbocycles. The highest BCUT2D eigenvalue weighted by molar-refractivity contribution is 9.10. The van der Waals surface area contributed by atoms with Gasteiger partial charge in [-0.15, -0.1) is 0 Å². The summed E-state index contributed by atoms with van der Waals surface area (Å²) in [7, 11) is 0. The topological polar surface area (TPSA) is 38.3 Å². The third-order valence-electron chi connectivity index (χ3n) is 4.76. The molecule has 0 saturated carbocycles. The molecule has 0 spiro atoms. The highest BCUT2D eigenvalue weighted by Crippen LogP contribution is 2.34. The molecule has 4 heteroatoms. The number of halogens is 1. The largest absolute Gasteiger partial charge is 0.381 e. The number of carbonyl (C=O) groups excluding carboxylic acids is 1. The Morgan fingerprint density at radius 2 is 1.79 bits per heavy atom. The molecule has 1 aliphatic rings. The highest BCUT2D eigenvalue weighted by atomic mass is 79.9. The third kappa shape index (κ3) is 3.87. The number of hydrogen-bond donors (Lipinski definition) is 1. The van der Waals surface area contributed by atoms with Crippen molar-refractivity contribution in [1.29, 1.82) is 0 Å². The van der Waals surface area contributed by atoms with Crippen LogP contribution in [-0.4, -0.2) is 25.7 Å². The van der Waals surface area contributed by atoms with Crippen LogP contribution in [0.2, 0.25) is 0 Å². The van der Waals surface area contributed by atoms with Gasteiger partial charge in [-0.1, -0.05) is 42.5 Å². The van der Waals surface area contributed by atoms with Gasteiger partial charge in [-0.2, -0.15) is 0 Å². The van der Waals surface area contributed by atoms with Crippen molar-refractivity contribution in [1.82, 2.24) is 5.32 Å². The van der Waals surface area contributed by atoms with E-state index in [4.69, 9.17) is 4.74 Å². The van der Waals surface area contributed by atoms with Crippen molar-refractivity contribution >= 4 is 21.8 Å². The first-order valence-corrected chi connectivity index (χ1v) is 9.17. The average molecular weight is 388 g/mol. The quantitative estimate of drug-likeness (QED) is 0.848. The van der Waals surface area contributed by atoms with E-state index in [1.807, 2.05) is 30.3 Å². The van der Waals surface area contributed by atoms with Crippen molar-refractivity contribution in [3.63, 3.8) is 0 Å². The van der Waals surface area contributed by atoms with Gasteiger partial charge in [0.2, 0.25) is 0 Å². The van der Waals surface area contributed by atoms with E-state index < -0.39 is 0 Å². The second-order valence-corrected chi connectivity index (χ2v) is 7.13. The molecule has 1 amide bonds. The lowest BCUT2D eigenvalue weighted by Crippen LogP contribution is -2.41. The van der Waals surface area contributed by atoms with Gasteiger partial charge >= 0.3 is 0 Å². The van der Waals surface area contributed by atoms with Gasteiger partial charge in [-0.25, -0.2) is 0 Å². The lowest BCUT2D eigenvalue weighted by atomic mass is 9.74. The summed E-state index contributed by atoms with van der Waals surface area (Å²) < 4.78 is 6.48. The maximum absolute atomic E-state index is 12.6. The van der Waals surface area contributed by atoms with Gasteiger partial charge in [0.05, 0.1) is 5.56 Å². The fourth-order valence-corrected chi connectivity index (χ4v) is 3.82. The van der Waals surface area contributed by atoms with E-state index in [2.05, 4.69) is 45.5 Å². The van der Waals surface area contributed by atoms with Crippen LogP contribution in [0.1, 0.15) is 35.2 Å². The van der Waals surface area contributed by atoms with Crippen LogP contribution in [0.25, 0.3) is 0 Å². The van der Waals surface area contributed by atoms with Gasteiger partial charge in [0.15, 0.2) is 0 Å². The van der Waals surface area contributed by atoms with E-state index >= 15 is 0 Å². The summed E-state index contributed by atoms with van der Waals surface area (Å²) in [5, 5.41) is 3.15. The second-order valence-electron chi connectivity index (χ2n) is 6.27. The zero-order valence-corrected chi connectivity index (χ0v) is 15.2. The molecule has 0 radical (unpaired) electrons. The van der Waals surface area contributed by atoms with Crippen molar-refractivity contribution in [2.24, 2.45) is 0 Å². The molecule has 24 heavy (non-hydrogen) atoms. The van der Waals surface area contributed by atoms with Gasteiger partial charge in [-0.3, -0.25) is 4.79 Å². The molecule has 3 rings (SSSR count). The van der Waals surface area contributed by atoms with Crippen LogP contribution in [0.4, 0.5) is 0 Å². The Balaban J connectivity index is 1.80. The summed E-state index contributed by atoms with van der Waals surface area (Å²) in [4.78, 5) is 12.6. The van der Waals surface area contributed by atoms with E-state index in [1.54, 1.807) is 0 Å². The average Bonchev–Trinajstić information content (AvgIpc) is 2.87. The van der Waals surface area contributed by atoms with E-state index in [1.165, 1.54) is 5.56 Å². The van der Waals surface area contributed by atoms with Crippen molar-refractivity contribution in [3.05, 3.63) is 70.2 Å². The summed E-state index contributed by atoms with van der Waals surface area (Å²) in [6, 6.07) is 18.0. The van der Waals surface area contributed by atoms with Crippen molar-refractivity contribution in [2.75, 3.05) is 19.8 Å². The molecular weight excluding hydrogens is 366 g/mol. The fourth-order valence-electron chi connectivity index (χ4n) is 3.36. The Kier molecular flexibility index (Phi) is 5.69. The number of amides is 1. The number of benzene rings is 2. The van der Waals surface area contributed by atoms with Crippen LogP contribution in [0.15, 0.2) is 59.1 Å². The number of ether oxygens (including phenoxy) is 1. The minimum absolute atomic E-state index is 0.0389. The summed E-state index contributed by atoms with van der Waals surface area (Å²) in [6.45, 7) is 2.16. The minimum Gasteiger partial charge on any atom is -0.381 e. The fraction of sp³-hybridized carbons (Fsp3) is 0.350. The van der Waals surface area contributed by atoms with Gasteiger partial charge in [-0.05, 0) is 52.9 Å². The zero-order valence-electron chi connectivity index (χ0n) is 13.6. The number of rotatable bonds is 4. The van der Waals surface area contributed by atoms with Crippen LogP contribution in [0.5, 0.6) is 0 Å². The van der Waals surface area contributed by atoms with Crippen LogP contribution in [-0.2, 0) is 10.2 Å². The molecule has 1 heterocycles. The number of hydrogen-bond acceptors (Lipinski definition) is 2. The first-order chi connectivity index (χ1) is 11.7. The molecule has 0 unspecified atom stereocenters. The molecule has 0 aliphatic carbocycles. The smallest absolute Gasteiger partial charge is 0.252 e. The molecule has 1 saturated heterocycles. The Labute approximate surface area is 151 Å². The molecule has 1 atom stereocenters. The SMILES string of the molecule is O=C(NC[C@]1(c2ccccc2)CCCOCC1)c1ccccc1Br. The Morgan fingerprint density at radius 1 is 1.04 bits per heavy atom. The van der Waals surface area contributed by atoms with Gasteiger partial charge in [0.25, 0.3) is 5.91 Å². The van der Waals surface area contributed by atoms with Gasteiger partial charge in [0.1, 0.15) is 0 Å². The van der Waals surface area contributed by atoms with Gasteiger partial charge < -0.3 is 10.1 Å². The molecule has 2 aromatic rings. The normalized spacial score (nSPS) is 21.0. The Bertz CT molecular complexity index is 679. The molecule has 1 aliphatic heterocycles. The van der Waals surface area contributed by atoms with Crippen LogP contribution >= 0.6 is 15.9 Å². The van der Waals surface area contributed by atoms with E-state index in [9.17, 15) is 4.79 Å². The number of nitrogens with one attached hydrogen (secondary N) is 1. The van der Waals surface area contributed by atoms with Crippen molar-refractivity contribution in [3.8, 4) is 0 Å². The molecule has 0 aromatic heterocycles. The molecule has 1 fully saturated rings. The number of carbonyl (C=O) groups is 1. The van der Waals surface area contributed by atoms with E-state index in [0.29, 0.717) is 12.1 Å². The maximum atomic E-state index is 12.6. The Hall–Kier alpha value is -1.65. The molecule has 3 nitrogen and oxygen atoms in total. The molecule has 0 bridgehead atoms. The second kappa shape index (κ2) is 7.95. The van der Waals surface area contributed by atoms with Crippen LogP contribution in [0.3, 0.4) is 0 Å².